The van der Waals surface area contributed by atoms with Gasteiger partial charge in [-0.1, -0.05) is 24.3 Å². The van der Waals surface area contributed by atoms with Crippen molar-refractivity contribution in [1.82, 2.24) is 0 Å². The van der Waals surface area contributed by atoms with Gasteiger partial charge in [0.05, 0.1) is 5.92 Å². The first-order valence-electron chi connectivity index (χ1n) is 4.99. The van der Waals surface area contributed by atoms with E-state index in [4.69, 9.17) is 5.11 Å². The lowest BCUT2D eigenvalue weighted by Crippen LogP contribution is -2.13. The van der Waals surface area contributed by atoms with E-state index in [-0.39, 0.29) is 6.42 Å². The maximum absolute atomic E-state index is 12.7. The zero-order chi connectivity index (χ0) is 12.3. The van der Waals surface area contributed by atoms with Gasteiger partial charge in [-0.05, 0) is 25.0 Å². The molecule has 88 valence electrons. The Balaban J connectivity index is 2.79. The number of aliphatic carboxylic acids is 1. The molecule has 0 saturated carbocycles. The molecule has 1 N–H and O–H groups in total. The molecule has 0 amide bonds. The van der Waals surface area contributed by atoms with Gasteiger partial charge in [0.15, 0.2) is 0 Å². The van der Waals surface area contributed by atoms with E-state index in [0.717, 1.165) is 6.92 Å². The topological polar surface area (TPSA) is 37.3 Å². The van der Waals surface area contributed by atoms with Crippen molar-refractivity contribution in [3.8, 4) is 0 Å². The molecule has 0 bridgehead atoms. The van der Waals surface area contributed by atoms with E-state index in [2.05, 4.69) is 0 Å². The zero-order valence-corrected chi connectivity index (χ0v) is 9.21. The van der Waals surface area contributed by atoms with Crippen LogP contribution in [0.5, 0.6) is 0 Å². The Morgan fingerprint density at radius 1 is 1.38 bits per heavy atom. The lowest BCUT2D eigenvalue weighted by Gasteiger charge is -2.11. The highest BCUT2D eigenvalue weighted by Gasteiger charge is 2.21. The van der Waals surface area contributed by atoms with Gasteiger partial charge >= 0.3 is 5.97 Å². The summed E-state index contributed by atoms with van der Waals surface area (Å²) in [4.78, 5) is 10.7. The molecular weight excluding hydrogens is 214 g/mol. The van der Waals surface area contributed by atoms with E-state index in [1.165, 1.54) is 0 Å². The van der Waals surface area contributed by atoms with Crippen LogP contribution >= 0.6 is 0 Å². The van der Waals surface area contributed by atoms with Crippen molar-refractivity contribution in [2.75, 3.05) is 0 Å². The Kier molecular flexibility index (Phi) is 3.62. The van der Waals surface area contributed by atoms with Crippen LogP contribution in [0.4, 0.5) is 8.78 Å². The molecule has 0 heterocycles. The number of benzene rings is 1. The van der Waals surface area contributed by atoms with Crippen LogP contribution in [0.3, 0.4) is 0 Å². The van der Waals surface area contributed by atoms with Crippen molar-refractivity contribution < 1.29 is 18.7 Å². The highest BCUT2D eigenvalue weighted by Crippen LogP contribution is 2.21. The second kappa shape index (κ2) is 4.60. The standard InChI is InChI=1S/C12H14F2O2/c1-8(11(15)16)10-5-3-9(4-6-10)7-12(2,13)14/h3-6,8H,7H2,1-2H3,(H,15,16). The van der Waals surface area contributed by atoms with Gasteiger partial charge in [-0.15, -0.1) is 0 Å². The second-order valence-corrected chi connectivity index (χ2v) is 4.05. The molecule has 1 unspecified atom stereocenters. The molecule has 0 aromatic heterocycles. The predicted octanol–water partition coefficient (Wildman–Crippen LogP) is 3.07. The number of carboxylic acids is 1. The van der Waals surface area contributed by atoms with Crippen LogP contribution in [-0.2, 0) is 11.2 Å². The van der Waals surface area contributed by atoms with Gasteiger partial charge in [0.1, 0.15) is 0 Å². The Morgan fingerprint density at radius 3 is 2.25 bits per heavy atom. The third-order valence-electron chi connectivity index (χ3n) is 2.36. The van der Waals surface area contributed by atoms with Crippen LogP contribution in [0, 0.1) is 0 Å². The SMILES string of the molecule is CC(C(=O)O)c1ccc(CC(C)(F)F)cc1. The highest BCUT2D eigenvalue weighted by molar-refractivity contribution is 5.75. The maximum Gasteiger partial charge on any atom is 0.310 e. The Bertz CT molecular complexity index is 366. The molecule has 0 spiro atoms. The fourth-order valence-corrected chi connectivity index (χ4v) is 1.43. The minimum absolute atomic E-state index is 0.325. The van der Waals surface area contributed by atoms with Crippen molar-refractivity contribution in [2.24, 2.45) is 0 Å². The maximum atomic E-state index is 12.7. The summed E-state index contributed by atoms with van der Waals surface area (Å²) in [5.74, 6) is -4.27. The summed E-state index contributed by atoms with van der Waals surface area (Å²) in [6.07, 6.45) is -0.325. The molecule has 0 saturated heterocycles. The minimum Gasteiger partial charge on any atom is -0.481 e. The first kappa shape index (κ1) is 12.6. The summed E-state index contributed by atoms with van der Waals surface area (Å²) in [5.41, 5.74) is 1.13. The van der Waals surface area contributed by atoms with Crippen molar-refractivity contribution in [3.05, 3.63) is 35.4 Å². The molecule has 2 nitrogen and oxygen atoms in total. The van der Waals surface area contributed by atoms with E-state index in [1.807, 2.05) is 0 Å². The van der Waals surface area contributed by atoms with Gasteiger partial charge in [-0.25, -0.2) is 8.78 Å². The first-order valence-corrected chi connectivity index (χ1v) is 4.99. The number of rotatable bonds is 4. The molecule has 1 aromatic rings. The summed E-state index contributed by atoms with van der Waals surface area (Å²) in [5, 5.41) is 8.77. The molecule has 0 aliphatic rings. The van der Waals surface area contributed by atoms with Crippen molar-refractivity contribution in [1.29, 1.82) is 0 Å². The van der Waals surface area contributed by atoms with Gasteiger partial charge in [0, 0.05) is 6.42 Å². The van der Waals surface area contributed by atoms with Crippen molar-refractivity contribution in [2.45, 2.75) is 32.1 Å². The van der Waals surface area contributed by atoms with Gasteiger partial charge in [-0.2, -0.15) is 0 Å². The molecule has 1 rings (SSSR count). The van der Waals surface area contributed by atoms with E-state index in [9.17, 15) is 13.6 Å². The van der Waals surface area contributed by atoms with Crippen LogP contribution in [0.2, 0.25) is 0 Å². The highest BCUT2D eigenvalue weighted by atomic mass is 19.3. The van der Waals surface area contributed by atoms with Gasteiger partial charge < -0.3 is 5.11 Å². The first-order chi connectivity index (χ1) is 7.29. The molecular formula is C12H14F2O2. The van der Waals surface area contributed by atoms with Crippen LogP contribution < -0.4 is 0 Å². The Morgan fingerprint density at radius 2 is 1.88 bits per heavy atom. The Labute approximate surface area is 92.9 Å². The van der Waals surface area contributed by atoms with E-state index in [1.54, 1.807) is 31.2 Å². The third-order valence-corrected chi connectivity index (χ3v) is 2.36. The second-order valence-electron chi connectivity index (χ2n) is 4.05. The summed E-state index contributed by atoms with van der Waals surface area (Å²) in [7, 11) is 0. The summed E-state index contributed by atoms with van der Waals surface area (Å²) in [6.45, 7) is 2.42. The summed E-state index contributed by atoms with van der Waals surface area (Å²) >= 11 is 0. The van der Waals surface area contributed by atoms with Gasteiger partial charge in [0.2, 0.25) is 5.92 Å². The molecule has 0 fully saturated rings. The molecule has 0 aliphatic heterocycles. The number of alkyl halides is 2. The van der Waals surface area contributed by atoms with E-state index in [0.29, 0.717) is 11.1 Å². The molecule has 1 aromatic carbocycles. The predicted molar refractivity (Wildman–Crippen MR) is 56.8 cm³/mol. The number of carbonyl (C=O) groups is 1. The number of hydrogen-bond donors (Lipinski definition) is 1. The number of hydrogen-bond acceptors (Lipinski definition) is 1. The smallest absolute Gasteiger partial charge is 0.310 e. The molecule has 4 heteroatoms. The fourth-order valence-electron chi connectivity index (χ4n) is 1.43. The third kappa shape index (κ3) is 3.61. The van der Waals surface area contributed by atoms with Gasteiger partial charge in [-0.3, -0.25) is 4.79 Å². The van der Waals surface area contributed by atoms with Crippen LogP contribution in [0.25, 0.3) is 0 Å². The lowest BCUT2D eigenvalue weighted by atomic mass is 9.98. The lowest BCUT2D eigenvalue weighted by molar-refractivity contribution is -0.138. The monoisotopic (exact) mass is 228 g/mol. The largest absolute Gasteiger partial charge is 0.481 e. The Hall–Kier alpha value is -1.45. The summed E-state index contributed by atoms with van der Waals surface area (Å²) < 4.78 is 25.4. The minimum atomic E-state index is -2.74. The molecule has 0 radical (unpaired) electrons. The average Bonchev–Trinajstić information content (AvgIpc) is 2.15. The molecule has 16 heavy (non-hydrogen) atoms. The molecule has 1 atom stereocenters. The van der Waals surface area contributed by atoms with Crippen LogP contribution in [0.1, 0.15) is 30.9 Å². The van der Waals surface area contributed by atoms with E-state index >= 15 is 0 Å². The van der Waals surface area contributed by atoms with Gasteiger partial charge in [0.25, 0.3) is 0 Å². The van der Waals surface area contributed by atoms with Crippen LogP contribution in [0.15, 0.2) is 24.3 Å². The normalized spacial score (nSPS) is 13.5. The van der Waals surface area contributed by atoms with Crippen molar-refractivity contribution in [3.63, 3.8) is 0 Å². The van der Waals surface area contributed by atoms with E-state index < -0.39 is 17.8 Å². The molecule has 0 aliphatic carbocycles. The zero-order valence-electron chi connectivity index (χ0n) is 9.21. The number of halogens is 2. The quantitative estimate of drug-likeness (QED) is 0.859. The average molecular weight is 228 g/mol. The number of carboxylic acid groups (broad SMARTS) is 1. The van der Waals surface area contributed by atoms with Crippen molar-refractivity contribution >= 4 is 5.97 Å². The van der Waals surface area contributed by atoms with Crippen LogP contribution in [-0.4, -0.2) is 17.0 Å². The summed E-state index contributed by atoms with van der Waals surface area (Å²) in [6, 6.07) is 6.26. The fraction of sp³-hybridized carbons (Fsp3) is 0.417.